The van der Waals surface area contributed by atoms with Crippen molar-refractivity contribution in [1.82, 2.24) is 9.55 Å². The molecule has 0 atom stereocenters. The second-order valence-electron chi connectivity index (χ2n) is 10.9. The van der Waals surface area contributed by atoms with Gasteiger partial charge >= 0.3 is 0 Å². The number of carbonyl (C=O) groups excluding carboxylic acids is 1. The van der Waals surface area contributed by atoms with Crippen LogP contribution in [0.1, 0.15) is 47.9 Å². The van der Waals surface area contributed by atoms with Crippen molar-refractivity contribution in [1.29, 1.82) is 0 Å². The van der Waals surface area contributed by atoms with Crippen molar-refractivity contribution >= 4 is 23.4 Å². The van der Waals surface area contributed by atoms with E-state index in [0.717, 1.165) is 65.7 Å². The Kier molecular flexibility index (Phi) is 7.00. The van der Waals surface area contributed by atoms with Gasteiger partial charge in [0, 0.05) is 16.7 Å². The van der Waals surface area contributed by atoms with Crippen molar-refractivity contribution < 1.29 is 9.53 Å². The molecular formula is C33H33N3O3S. The van der Waals surface area contributed by atoms with E-state index in [1.807, 2.05) is 62.4 Å². The standard InChI is InChI=1S/C33H33N3O3S/c1-21-10-15-27(22(2)18-21)34-28(37)20-40-32-35-30-26-9-5-4-8-23(26)19-33(16-6-7-17-33)29(30)31(38)36(32)24-11-13-25(39-3)14-12-24/h4-5,8-15,18H,6-7,16-17,19-20H2,1-3H3,(H,34,37). The van der Waals surface area contributed by atoms with Gasteiger partial charge in [0.2, 0.25) is 5.91 Å². The maximum absolute atomic E-state index is 14.6. The van der Waals surface area contributed by atoms with Crippen molar-refractivity contribution in [2.24, 2.45) is 0 Å². The summed E-state index contributed by atoms with van der Waals surface area (Å²) in [6, 6.07) is 21.7. The number of nitrogens with one attached hydrogen (secondary N) is 1. The molecule has 1 heterocycles. The van der Waals surface area contributed by atoms with E-state index in [9.17, 15) is 9.59 Å². The van der Waals surface area contributed by atoms with Crippen LogP contribution in [0.5, 0.6) is 5.75 Å². The Morgan fingerprint density at radius 1 is 1.05 bits per heavy atom. The van der Waals surface area contributed by atoms with Crippen LogP contribution in [0.3, 0.4) is 0 Å². The molecule has 0 unspecified atom stereocenters. The van der Waals surface area contributed by atoms with Crippen molar-refractivity contribution in [3.05, 3.63) is 99.3 Å². The zero-order valence-corrected chi connectivity index (χ0v) is 23.9. The van der Waals surface area contributed by atoms with Crippen LogP contribution in [0.15, 0.2) is 76.7 Å². The van der Waals surface area contributed by atoms with Crippen LogP contribution in [0.2, 0.25) is 0 Å². The zero-order valence-electron chi connectivity index (χ0n) is 23.1. The highest BCUT2D eigenvalue weighted by Gasteiger charge is 2.44. The van der Waals surface area contributed by atoms with E-state index < -0.39 is 0 Å². The molecule has 1 fully saturated rings. The van der Waals surface area contributed by atoms with Gasteiger partial charge in [-0.25, -0.2) is 4.98 Å². The number of anilines is 1. The number of aromatic nitrogens is 2. The molecule has 0 radical (unpaired) electrons. The highest BCUT2D eigenvalue weighted by atomic mass is 32.2. The quantitative estimate of drug-likeness (QED) is 0.215. The third-order valence-corrected chi connectivity index (χ3v) is 9.20. The lowest BCUT2D eigenvalue weighted by molar-refractivity contribution is -0.113. The molecule has 2 aliphatic carbocycles. The summed E-state index contributed by atoms with van der Waals surface area (Å²) in [6.07, 6.45) is 5.05. The molecule has 1 amide bonds. The molecule has 1 saturated carbocycles. The average molecular weight is 552 g/mol. The Labute approximate surface area is 238 Å². The molecule has 2 aliphatic rings. The first-order valence-electron chi connectivity index (χ1n) is 13.8. The first-order chi connectivity index (χ1) is 19.4. The van der Waals surface area contributed by atoms with Crippen LogP contribution in [0.4, 0.5) is 5.69 Å². The molecule has 4 aromatic rings. The monoisotopic (exact) mass is 551 g/mol. The van der Waals surface area contributed by atoms with Crippen molar-refractivity contribution in [3.8, 4) is 22.7 Å². The van der Waals surface area contributed by atoms with Gasteiger partial charge in [-0.2, -0.15) is 0 Å². The SMILES string of the molecule is COc1ccc(-n2c(SCC(=O)Nc3ccc(C)cc3C)nc3c(c2=O)C2(CCCC2)Cc2ccccc2-3)cc1. The first kappa shape index (κ1) is 26.4. The highest BCUT2D eigenvalue weighted by molar-refractivity contribution is 7.99. The van der Waals surface area contributed by atoms with Gasteiger partial charge in [0.1, 0.15) is 5.75 Å². The molecule has 6 rings (SSSR count). The molecule has 204 valence electrons. The largest absolute Gasteiger partial charge is 0.497 e. The van der Waals surface area contributed by atoms with Crippen molar-refractivity contribution in [2.75, 3.05) is 18.2 Å². The topological polar surface area (TPSA) is 73.2 Å². The van der Waals surface area contributed by atoms with E-state index in [2.05, 4.69) is 23.5 Å². The van der Waals surface area contributed by atoms with E-state index in [4.69, 9.17) is 9.72 Å². The molecule has 1 spiro atoms. The highest BCUT2D eigenvalue weighted by Crippen LogP contribution is 2.50. The van der Waals surface area contributed by atoms with Gasteiger partial charge in [0.15, 0.2) is 5.16 Å². The van der Waals surface area contributed by atoms with Crippen molar-refractivity contribution in [2.45, 2.75) is 56.5 Å². The minimum absolute atomic E-state index is 0.0381. The Hall–Kier alpha value is -3.84. The summed E-state index contributed by atoms with van der Waals surface area (Å²) in [5.41, 5.74) is 7.29. The fourth-order valence-corrected chi connectivity index (χ4v) is 7.14. The average Bonchev–Trinajstić information content (AvgIpc) is 3.41. The predicted molar refractivity (Wildman–Crippen MR) is 161 cm³/mol. The normalized spacial score (nSPS) is 15.0. The number of methoxy groups -OCH3 is 1. The molecule has 1 aromatic heterocycles. The van der Waals surface area contributed by atoms with E-state index in [0.29, 0.717) is 16.6 Å². The zero-order chi connectivity index (χ0) is 27.9. The maximum atomic E-state index is 14.6. The van der Waals surface area contributed by atoms with Gasteiger partial charge in [0.05, 0.1) is 29.8 Å². The van der Waals surface area contributed by atoms with Crippen LogP contribution in [0, 0.1) is 13.8 Å². The molecule has 0 bridgehead atoms. The second-order valence-corrected chi connectivity index (χ2v) is 11.9. The number of fused-ring (bicyclic) bond motifs is 4. The number of benzene rings is 3. The number of carbonyl (C=O) groups is 1. The summed E-state index contributed by atoms with van der Waals surface area (Å²) in [5, 5.41) is 3.53. The first-order valence-corrected chi connectivity index (χ1v) is 14.8. The van der Waals surface area contributed by atoms with Crippen molar-refractivity contribution in [3.63, 3.8) is 0 Å². The van der Waals surface area contributed by atoms with Gasteiger partial charge in [-0.1, -0.05) is 66.6 Å². The summed E-state index contributed by atoms with van der Waals surface area (Å²) in [7, 11) is 1.62. The van der Waals surface area contributed by atoms with Crippen LogP contribution in [-0.2, 0) is 16.6 Å². The Bertz CT molecular complexity index is 1650. The number of rotatable bonds is 6. The third-order valence-electron chi connectivity index (χ3n) is 8.26. The van der Waals surface area contributed by atoms with Crippen LogP contribution in [-0.4, -0.2) is 28.3 Å². The molecule has 0 saturated heterocycles. The number of nitrogens with zero attached hydrogens (tertiary/aromatic N) is 2. The molecule has 6 nitrogen and oxygen atoms in total. The lowest BCUT2D eigenvalue weighted by Crippen LogP contribution is -2.40. The van der Waals surface area contributed by atoms with Gasteiger partial charge in [-0.15, -0.1) is 0 Å². The number of thioether (sulfide) groups is 1. The number of hydrogen-bond acceptors (Lipinski definition) is 5. The number of amides is 1. The Morgan fingerprint density at radius 2 is 1.80 bits per heavy atom. The number of hydrogen-bond donors (Lipinski definition) is 1. The summed E-state index contributed by atoms with van der Waals surface area (Å²) in [5.74, 6) is 0.699. The molecule has 0 aliphatic heterocycles. The van der Waals surface area contributed by atoms with Crippen LogP contribution < -0.4 is 15.6 Å². The van der Waals surface area contributed by atoms with Gasteiger partial charge in [0.25, 0.3) is 5.56 Å². The Balaban J connectivity index is 1.45. The molecule has 7 heteroatoms. The summed E-state index contributed by atoms with van der Waals surface area (Å²) < 4.78 is 7.06. The van der Waals surface area contributed by atoms with Gasteiger partial charge < -0.3 is 10.1 Å². The molecule has 40 heavy (non-hydrogen) atoms. The minimum Gasteiger partial charge on any atom is -0.497 e. The lowest BCUT2D eigenvalue weighted by Gasteiger charge is -2.36. The van der Waals surface area contributed by atoms with Gasteiger partial charge in [-0.05, 0) is 74.6 Å². The molecular weight excluding hydrogens is 518 g/mol. The third kappa shape index (κ3) is 4.73. The molecule has 1 N–H and O–H groups in total. The van der Waals surface area contributed by atoms with E-state index in [-0.39, 0.29) is 22.6 Å². The lowest BCUT2D eigenvalue weighted by atomic mass is 9.68. The summed E-state index contributed by atoms with van der Waals surface area (Å²) >= 11 is 1.29. The van der Waals surface area contributed by atoms with E-state index in [1.54, 1.807) is 11.7 Å². The summed E-state index contributed by atoms with van der Waals surface area (Å²) in [6.45, 7) is 4.01. The maximum Gasteiger partial charge on any atom is 0.263 e. The fraction of sp³-hybridized carbons (Fsp3) is 0.303. The van der Waals surface area contributed by atoms with E-state index in [1.165, 1.54) is 17.3 Å². The Morgan fingerprint density at radius 3 is 2.52 bits per heavy atom. The van der Waals surface area contributed by atoms with Crippen LogP contribution >= 0.6 is 11.8 Å². The smallest absolute Gasteiger partial charge is 0.263 e. The predicted octanol–water partition coefficient (Wildman–Crippen LogP) is 6.62. The minimum atomic E-state index is -0.203. The number of ether oxygens (including phenoxy) is 1. The summed E-state index contributed by atoms with van der Waals surface area (Å²) in [4.78, 5) is 32.8. The van der Waals surface area contributed by atoms with Gasteiger partial charge in [-0.3, -0.25) is 14.2 Å². The fourth-order valence-electron chi connectivity index (χ4n) is 6.34. The van der Waals surface area contributed by atoms with Crippen LogP contribution in [0.25, 0.3) is 16.9 Å². The van der Waals surface area contributed by atoms with E-state index >= 15 is 0 Å². The number of aryl methyl sites for hydroxylation is 2. The second kappa shape index (κ2) is 10.6. The molecule has 3 aromatic carbocycles.